The Kier molecular flexibility index (Phi) is 2.90. The van der Waals surface area contributed by atoms with E-state index in [9.17, 15) is 9.59 Å². The fourth-order valence-corrected chi connectivity index (χ4v) is 1.71. The molecule has 0 aromatic heterocycles. The summed E-state index contributed by atoms with van der Waals surface area (Å²) in [5, 5.41) is 0. The molecule has 1 saturated heterocycles. The Balaban J connectivity index is 2.13. The lowest BCUT2D eigenvalue weighted by Gasteiger charge is -2.09. The van der Waals surface area contributed by atoms with E-state index < -0.39 is 0 Å². The van der Waals surface area contributed by atoms with Crippen molar-refractivity contribution in [2.75, 3.05) is 7.11 Å². The molecule has 1 aliphatic rings. The van der Waals surface area contributed by atoms with Crippen LogP contribution < -0.4 is 0 Å². The Hall–Kier alpha value is -1.84. The predicted octanol–water partition coefficient (Wildman–Crippen LogP) is 1.85. The molecule has 1 unspecified atom stereocenters. The minimum absolute atomic E-state index is 0.165. The van der Waals surface area contributed by atoms with E-state index in [4.69, 9.17) is 4.74 Å². The van der Waals surface area contributed by atoms with Gasteiger partial charge in [0.05, 0.1) is 12.7 Å². The van der Waals surface area contributed by atoms with Gasteiger partial charge in [0.2, 0.25) is 0 Å². The Morgan fingerprint density at radius 1 is 1.38 bits per heavy atom. The summed E-state index contributed by atoms with van der Waals surface area (Å²) < 4.78 is 9.71. The van der Waals surface area contributed by atoms with Gasteiger partial charge < -0.3 is 9.47 Å². The van der Waals surface area contributed by atoms with E-state index in [1.807, 2.05) is 0 Å². The van der Waals surface area contributed by atoms with Crippen LogP contribution in [0.3, 0.4) is 0 Å². The average Bonchev–Trinajstić information content (AvgIpc) is 2.75. The summed E-state index contributed by atoms with van der Waals surface area (Å²) in [7, 11) is 1.34. The summed E-state index contributed by atoms with van der Waals surface area (Å²) in [4.78, 5) is 22.1. The minimum Gasteiger partial charge on any atom is -0.465 e. The molecule has 1 aliphatic heterocycles. The van der Waals surface area contributed by atoms with E-state index in [0.29, 0.717) is 18.4 Å². The summed E-state index contributed by atoms with van der Waals surface area (Å²) in [5.74, 6) is -0.531. The highest BCUT2D eigenvalue weighted by molar-refractivity contribution is 5.89. The van der Waals surface area contributed by atoms with Gasteiger partial charge in [-0.3, -0.25) is 4.79 Å². The Bertz CT molecular complexity index is 408. The molecule has 16 heavy (non-hydrogen) atoms. The first kappa shape index (κ1) is 10.7. The predicted molar refractivity (Wildman–Crippen MR) is 55.8 cm³/mol. The number of methoxy groups -OCH3 is 1. The molecule has 2 rings (SSSR count). The molecule has 0 radical (unpaired) electrons. The molecule has 1 aromatic carbocycles. The smallest absolute Gasteiger partial charge is 0.337 e. The maximum Gasteiger partial charge on any atom is 0.337 e. The number of ether oxygens (including phenoxy) is 2. The van der Waals surface area contributed by atoms with Crippen LogP contribution in [0.4, 0.5) is 0 Å². The van der Waals surface area contributed by atoms with Crippen LogP contribution in [0.2, 0.25) is 0 Å². The van der Waals surface area contributed by atoms with Crippen LogP contribution in [0.1, 0.15) is 34.9 Å². The first-order chi connectivity index (χ1) is 7.70. The highest BCUT2D eigenvalue weighted by Gasteiger charge is 2.24. The van der Waals surface area contributed by atoms with E-state index in [0.717, 1.165) is 5.56 Å². The third-order valence-corrected chi connectivity index (χ3v) is 2.59. The van der Waals surface area contributed by atoms with Crippen LogP contribution in [0.15, 0.2) is 24.3 Å². The minimum atomic E-state index is -0.366. The van der Waals surface area contributed by atoms with Crippen molar-refractivity contribution in [1.29, 1.82) is 0 Å². The lowest BCUT2D eigenvalue weighted by Crippen LogP contribution is -2.02. The normalized spacial score (nSPS) is 19.3. The molecule has 0 amide bonds. The second-order valence-electron chi connectivity index (χ2n) is 3.63. The Morgan fingerprint density at radius 2 is 2.06 bits per heavy atom. The largest absolute Gasteiger partial charge is 0.465 e. The first-order valence-corrected chi connectivity index (χ1v) is 5.08. The zero-order valence-corrected chi connectivity index (χ0v) is 8.93. The van der Waals surface area contributed by atoms with E-state index in [1.165, 1.54) is 7.11 Å². The van der Waals surface area contributed by atoms with Crippen LogP contribution in [-0.2, 0) is 14.3 Å². The summed E-state index contributed by atoms with van der Waals surface area (Å²) in [6.45, 7) is 0. The van der Waals surface area contributed by atoms with Gasteiger partial charge in [0.15, 0.2) is 0 Å². The Morgan fingerprint density at radius 3 is 2.56 bits per heavy atom. The van der Waals surface area contributed by atoms with Crippen LogP contribution in [0.5, 0.6) is 0 Å². The number of carbonyl (C=O) groups excluding carboxylic acids is 2. The molecule has 4 heteroatoms. The number of rotatable bonds is 2. The zero-order valence-electron chi connectivity index (χ0n) is 8.93. The van der Waals surface area contributed by atoms with Crippen molar-refractivity contribution in [3.8, 4) is 0 Å². The highest BCUT2D eigenvalue weighted by Crippen LogP contribution is 2.29. The summed E-state index contributed by atoms with van der Waals surface area (Å²) in [6, 6.07) is 6.92. The molecule has 1 fully saturated rings. The van der Waals surface area contributed by atoms with E-state index >= 15 is 0 Å². The molecule has 0 N–H and O–H groups in total. The highest BCUT2D eigenvalue weighted by atomic mass is 16.5. The molecule has 1 atom stereocenters. The van der Waals surface area contributed by atoms with E-state index in [2.05, 4.69) is 4.74 Å². The first-order valence-electron chi connectivity index (χ1n) is 5.08. The van der Waals surface area contributed by atoms with Gasteiger partial charge in [0.25, 0.3) is 0 Å². The Labute approximate surface area is 93.2 Å². The molecule has 1 heterocycles. The molecule has 4 nitrogen and oxygen atoms in total. The SMILES string of the molecule is COC(=O)c1ccc(C2CCC(=O)O2)cc1. The third-order valence-electron chi connectivity index (χ3n) is 2.59. The van der Waals surface area contributed by atoms with Crippen LogP contribution in [0, 0.1) is 0 Å². The maximum absolute atomic E-state index is 11.2. The third kappa shape index (κ3) is 2.05. The number of cyclic esters (lactones) is 1. The van der Waals surface area contributed by atoms with E-state index in [1.54, 1.807) is 24.3 Å². The summed E-state index contributed by atoms with van der Waals surface area (Å²) in [6.07, 6.45) is 0.999. The van der Waals surface area contributed by atoms with Crippen molar-refractivity contribution >= 4 is 11.9 Å². The van der Waals surface area contributed by atoms with Crippen molar-refractivity contribution in [3.63, 3.8) is 0 Å². The lowest BCUT2D eigenvalue weighted by molar-refractivity contribution is -0.141. The molecular weight excluding hydrogens is 208 g/mol. The number of hydrogen-bond donors (Lipinski definition) is 0. The number of carbonyl (C=O) groups is 2. The number of hydrogen-bond acceptors (Lipinski definition) is 4. The fourth-order valence-electron chi connectivity index (χ4n) is 1.71. The molecule has 0 aliphatic carbocycles. The number of esters is 2. The van der Waals surface area contributed by atoms with Crippen molar-refractivity contribution in [2.45, 2.75) is 18.9 Å². The average molecular weight is 220 g/mol. The maximum atomic E-state index is 11.2. The quantitative estimate of drug-likeness (QED) is 0.714. The van der Waals surface area contributed by atoms with Crippen LogP contribution >= 0.6 is 0 Å². The van der Waals surface area contributed by atoms with Gasteiger partial charge in [-0.1, -0.05) is 12.1 Å². The van der Waals surface area contributed by atoms with Gasteiger partial charge >= 0.3 is 11.9 Å². The standard InChI is InChI=1S/C12H12O4/c1-15-12(14)9-4-2-8(3-5-9)10-6-7-11(13)16-10/h2-5,10H,6-7H2,1H3. The van der Waals surface area contributed by atoms with Gasteiger partial charge in [0, 0.05) is 6.42 Å². The summed E-state index contributed by atoms with van der Waals surface area (Å²) in [5.41, 5.74) is 1.41. The van der Waals surface area contributed by atoms with Crippen molar-refractivity contribution in [2.24, 2.45) is 0 Å². The number of benzene rings is 1. The fraction of sp³-hybridized carbons (Fsp3) is 0.333. The molecule has 84 valence electrons. The molecule has 0 spiro atoms. The second-order valence-corrected chi connectivity index (χ2v) is 3.63. The zero-order chi connectivity index (χ0) is 11.5. The van der Waals surface area contributed by atoms with Crippen molar-refractivity contribution < 1.29 is 19.1 Å². The van der Waals surface area contributed by atoms with Crippen molar-refractivity contribution in [1.82, 2.24) is 0 Å². The second kappa shape index (κ2) is 4.35. The topological polar surface area (TPSA) is 52.6 Å². The molecule has 0 bridgehead atoms. The van der Waals surface area contributed by atoms with Gasteiger partial charge in [-0.25, -0.2) is 4.79 Å². The monoisotopic (exact) mass is 220 g/mol. The summed E-state index contributed by atoms with van der Waals surface area (Å²) >= 11 is 0. The lowest BCUT2D eigenvalue weighted by atomic mass is 10.0. The molecular formula is C12H12O4. The van der Waals surface area contributed by atoms with Crippen LogP contribution in [-0.4, -0.2) is 19.0 Å². The van der Waals surface area contributed by atoms with Crippen LogP contribution in [0.25, 0.3) is 0 Å². The van der Waals surface area contributed by atoms with E-state index in [-0.39, 0.29) is 18.0 Å². The molecule has 0 saturated carbocycles. The molecule has 1 aromatic rings. The van der Waals surface area contributed by atoms with Gasteiger partial charge in [-0.05, 0) is 24.1 Å². The van der Waals surface area contributed by atoms with Gasteiger partial charge in [0.1, 0.15) is 6.10 Å². The van der Waals surface area contributed by atoms with Gasteiger partial charge in [-0.15, -0.1) is 0 Å². The van der Waals surface area contributed by atoms with Crippen molar-refractivity contribution in [3.05, 3.63) is 35.4 Å². The van der Waals surface area contributed by atoms with Gasteiger partial charge in [-0.2, -0.15) is 0 Å².